The van der Waals surface area contributed by atoms with Crippen LogP contribution in [0.15, 0.2) is 18.2 Å². The van der Waals surface area contributed by atoms with Crippen molar-refractivity contribution in [2.75, 3.05) is 13.1 Å². The Morgan fingerprint density at radius 3 is 2.82 bits per heavy atom. The maximum Gasteiger partial charge on any atom is 0.137 e. The van der Waals surface area contributed by atoms with Gasteiger partial charge in [-0.1, -0.05) is 18.2 Å². The summed E-state index contributed by atoms with van der Waals surface area (Å²) in [6, 6.07) is 6.31. The Hall–Kier alpha value is -0.890. The Bertz CT molecular complexity index is 405. The summed E-state index contributed by atoms with van der Waals surface area (Å²) in [5.41, 5.74) is 2.64. The highest BCUT2D eigenvalue weighted by molar-refractivity contribution is 5.37. The minimum atomic E-state index is -1.10. The number of hydrogen-bond acceptors (Lipinski definition) is 1. The zero-order valence-corrected chi connectivity index (χ0v) is 10.3. The first-order chi connectivity index (χ1) is 8.28. The monoisotopic (exact) mass is 233 g/mol. The maximum atomic E-state index is 15.0. The van der Waals surface area contributed by atoms with Crippen LogP contribution >= 0.6 is 0 Å². The minimum Gasteiger partial charge on any atom is -0.317 e. The van der Waals surface area contributed by atoms with Gasteiger partial charge < -0.3 is 5.32 Å². The molecule has 1 fully saturated rings. The highest BCUT2D eigenvalue weighted by atomic mass is 19.1. The molecule has 1 aliphatic carbocycles. The molecule has 1 unspecified atom stereocenters. The molecule has 1 aromatic rings. The Morgan fingerprint density at radius 2 is 1.88 bits per heavy atom. The van der Waals surface area contributed by atoms with Crippen LogP contribution in [0, 0.1) is 0 Å². The van der Waals surface area contributed by atoms with E-state index >= 15 is 0 Å². The molecular weight excluding hydrogens is 213 g/mol. The molecule has 1 heterocycles. The van der Waals surface area contributed by atoms with E-state index < -0.39 is 5.67 Å². The van der Waals surface area contributed by atoms with Crippen molar-refractivity contribution in [1.82, 2.24) is 5.32 Å². The van der Waals surface area contributed by atoms with Gasteiger partial charge in [-0.3, -0.25) is 0 Å². The molecule has 92 valence electrons. The largest absolute Gasteiger partial charge is 0.317 e. The molecule has 1 N–H and O–H groups in total. The molecule has 17 heavy (non-hydrogen) atoms. The number of benzene rings is 1. The number of aryl methyl sites for hydroxylation is 2. The van der Waals surface area contributed by atoms with Crippen molar-refractivity contribution in [3.8, 4) is 0 Å². The molecule has 2 heteroatoms. The first-order valence-electron chi connectivity index (χ1n) is 6.80. The summed E-state index contributed by atoms with van der Waals surface area (Å²) < 4.78 is 15.0. The fourth-order valence-electron chi connectivity index (χ4n) is 3.17. The molecular formula is C15H20FN. The van der Waals surface area contributed by atoms with Crippen molar-refractivity contribution >= 4 is 0 Å². The lowest BCUT2D eigenvalue weighted by Gasteiger charge is -2.24. The van der Waals surface area contributed by atoms with Crippen LogP contribution in [0.4, 0.5) is 4.39 Å². The van der Waals surface area contributed by atoms with E-state index in [-0.39, 0.29) is 0 Å². The van der Waals surface area contributed by atoms with Crippen molar-refractivity contribution < 1.29 is 4.39 Å². The number of alkyl halides is 1. The average Bonchev–Trinajstić information content (AvgIpc) is 2.70. The lowest BCUT2D eigenvalue weighted by atomic mass is 9.87. The summed E-state index contributed by atoms with van der Waals surface area (Å²) in [4.78, 5) is 0. The molecule has 3 rings (SSSR count). The SMILES string of the molecule is FC1(c2ccc3c(c2)CCC3)CCCNCC1. The van der Waals surface area contributed by atoms with Gasteiger partial charge in [-0.25, -0.2) is 4.39 Å². The van der Waals surface area contributed by atoms with Crippen molar-refractivity contribution in [3.63, 3.8) is 0 Å². The van der Waals surface area contributed by atoms with Gasteiger partial charge in [0.25, 0.3) is 0 Å². The summed E-state index contributed by atoms with van der Waals surface area (Å²) in [5, 5.41) is 3.28. The first kappa shape index (κ1) is 11.2. The Labute approximate surface area is 102 Å². The third kappa shape index (κ3) is 2.11. The standard InChI is InChI=1S/C15H20FN/c16-15(7-2-9-17-10-8-15)14-6-5-12-3-1-4-13(12)11-14/h5-6,11,17H,1-4,7-10H2. The number of rotatable bonds is 1. The molecule has 1 aromatic carbocycles. The molecule has 0 spiro atoms. The van der Waals surface area contributed by atoms with Crippen molar-refractivity contribution in [2.24, 2.45) is 0 Å². The van der Waals surface area contributed by atoms with E-state index in [1.165, 1.54) is 24.0 Å². The molecule has 1 atom stereocenters. The first-order valence-corrected chi connectivity index (χ1v) is 6.80. The van der Waals surface area contributed by atoms with Crippen molar-refractivity contribution in [1.29, 1.82) is 0 Å². The van der Waals surface area contributed by atoms with Gasteiger partial charge in [-0.05, 0) is 68.3 Å². The summed E-state index contributed by atoms with van der Waals surface area (Å²) in [5.74, 6) is 0. The molecule has 1 saturated heterocycles. The predicted octanol–water partition coefficient (Wildman–Crippen LogP) is 3.11. The molecule has 0 bridgehead atoms. The van der Waals surface area contributed by atoms with Crippen LogP contribution in [0.2, 0.25) is 0 Å². The predicted molar refractivity (Wildman–Crippen MR) is 68.0 cm³/mol. The molecule has 1 aliphatic heterocycles. The Morgan fingerprint density at radius 1 is 1.00 bits per heavy atom. The number of halogens is 1. The minimum absolute atomic E-state index is 0.617. The second-order valence-electron chi connectivity index (χ2n) is 5.41. The fraction of sp³-hybridized carbons (Fsp3) is 0.600. The van der Waals surface area contributed by atoms with Crippen LogP contribution in [0.3, 0.4) is 0 Å². The van der Waals surface area contributed by atoms with E-state index in [0.717, 1.165) is 31.5 Å². The summed E-state index contributed by atoms with van der Waals surface area (Å²) in [6.07, 6.45) is 5.77. The second kappa shape index (κ2) is 4.41. The molecule has 0 amide bonds. The van der Waals surface area contributed by atoms with Crippen LogP contribution in [0.25, 0.3) is 0 Å². The van der Waals surface area contributed by atoms with E-state index in [0.29, 0.717) is 12.8 Å². The van der Waals surface area contributed by atoms with Crippen LogP contribution in [-0.2, 0) is 18.5 Å². The highest BCUT2D eigenvalue weighted by Gasteiger charge is 2.33. The van der Waals surface area contributed by atoms with Crippen LogP contribution in [-0.4, -0.2) is 13.1 Å². The van der Waals surface area contributed by atoms with E-state index in [2.05, 4.69) is 17.4 Å². The molecule has 0 saturated carbocycles. The van der Waals surface area contributed by atoms with E-state index in [1.807, 2.05) is 6.07 Å². The van der Waals surface area contributed by atoms with Crippen LogP contribution < -0.4 is 5.32 Å². The van der Waals surface area contributed by atoms with Crippen LogP contribution in [0.5, 0.6) is 0 Å². The van der Waals surface area contributed by atoms with Gasteiger partial charge in [0.2, 0.25) is 0 Å². The van der Waals surface area contributed by atoms with E-state index in [1.54, 1.807) is 0 Å². The highest BCUT2D eigenvalue weighted by Crippen LogP contribution is 2.37. The lowest BCUT2D eigenvalue weighted by molar-refractivity contribution is 0.145. The smallest absolute Gasteiger partial charge is 0.137 e. The zero-order valence-electron chi connectivity index (χ0n) is 10.3. The summed E-state index contributed by atoms with van der Waals surface area (Å²) in [7, 11) is 0. The second-order valence-corrected chi connectivity index (χ2v) is 5.41. The summed E-state index contributed by atoms with van der Waals surface area (Å²) in [6.45, 7) is 1.75. The molecule has 0 radical (unpaired) electrons. The molecule has 0 aromatic heterocycles. The van der Waals surface area contributed by atoms with Gasteiger partial charge in [-0.15, -0.1) is 0 Å². The molecule has 2 aliphatic rings. The fourth-order valence-corrected chi connectivity index (χ4v) is 3.17. The third-order valence-electron chi connectivity index (χ3n) is 4.24. The topological polar surface area (TPSA) is 12.0 Å². The Balaban J connectivity index is 1.91. The van der Waals surface area contributed by atoms with Gasteiger partial charge in [0.05, 0.1) is 0 Å². The van der Waals surface area contributed by atoms with Gasteiger partial charge in [-0.2, -0.15) is 0 Å². The number of fused-ring (bicyclic) bond motifs is 1. The average molecular weight is 233 g/mol. The zero-order chi connectivity index (χ0) is 11.7. The maximum absolute atomic E-state index is 15.0. The molecule has 1 nitrogen and oxygen atoms in total. The van der Waals surface area contributed by atoms with E-state index in [4.69, 9.17) is 0 Å². The van der Waals surface area contributed by atoms with Gasteiger partial charge in [0.15, 0.2) is 0 Å². The lowest BCUT2D eigenvalue weighted by Crippen LogP contribution is -2.22. The quantitative estimate of drug-likeness (QED) is 0.786. The van der Waals surface area contributed by atoms with Gasteiger partial charge >= 0.3 is 0 Å². The van der Waals surface area contributed by atoms with Crippen molar-refractivity contribution in [2.45, 2.75) is 44.2 Å². The van der Waals surface area contributed by atoms with Gasteiger partial charge in [0.1, 0.15) is 5.67 Å². The normalized spacial score (nSPS) is 28.8. The van der Waals surface area contributed by atoms with E-state index in [9.17, 15) is 4.39 Å². The Kier molecular flexibility index (Phi) is 2.91. The third-order valence-corrected chi connectivity index (χ3v) is 4.24. The summed E-state index contributed by atoms with van der Waals surface area (Å²) >= 11 is 0. The van der Waals surface area contributed by atoms with Crippen molar-refractivity contribution in [3.05, 3.63) is 34.9 Å². The van der Waals surface area contributed by atoms with Crippen LogP contribution in [0.1, 0.15) is 42.4 Å². The number of hydrogen-bond donors (Lipinski definition) is 1. The number of nitrogens with one attached hydrogen (secondary N) is 1. The van der Waals surface area contributed by atoms with Gasteiger partial charge in [0, 0.05) is 0 Å².